The quantitative estimate of drug-likeness (QED) is 0.531. The SMILES string of the molecule is COc1ccc(C(=O)Nc2cnn3c2C(=O)N(c2ccc(NCC(F)(F)F)cc2)[C@@H](C)C3)cc1C#N. The summed E-state index contributed by atoms with van der Waals surface area (Å²) < 4.78 is 44.0. The van der Waals surface area contributed by atoms with Crippen molar-refractivity contribution in [2.45, 2.75) is 25.7 Å². The smallest absolute Gasteiger partial charge is 0.405 e. The number of halogens is 3. The number of nitrogens with zero attached hydrogens (tertiary/aromatic N) is 4. The summed E-state index contributed by atoms with van der Waals surface area (Å²) in [5.41, 5.74) is 1.50. The maximum Gasteiger partial charge on any atom is 0.405 e. The van der Waals surface area contributed by atoms with E-state index < -0.39 is 24.5 Å². The van der Waals surface area contributed by atoms with Crippen LogP contribution in [0.3, 0.4) is 0 Å². The molecule has 2 aromatic carbocycles. The third kappa shape index (κ3) is 4.95. The lowest BCUT2D eigenvalue weighted by atomic mass is 10.1. The van der Waals surface area contributed by atoms with Crippen LogP contribution >= 0.6 is 0 Å². The van der Waals surface area contributed by atoms with E-state index in [0.29, 0.717) is 18.0 Å². The number of rotatable bonds is 6. The largest absolute Gasteiger partial charge is 0.495 e. The minimum atomic E-state index is -4.35. The van der Waals surface area contributed by atoms with Gasteiger partial charge in [-0.3, -0.25) is 14.3 Å². The number of alkyl halides is 3. The van der Waals surface area contributed by atoms with Crippen LogP contribution in [-0.4, -0.2) is 47.5 Å². The summed E-state index contributed by atoms with van der Waals surface area (Å²) in [7, 11) is 1.42. The van der Waals surface area contributed by atoms with Gasteiger partial charge >= 0.3 is 6.18 Å². The number of methoxy groups -OCH3 is 1. The zero-order valence-corrected chi connectivity index (χ0v) is 19.3. The first-order valence-corrected chi connectivity index (χ1v) is 10.8. The summed E-state index contributed by atoms with van der Waals surface area (Å²) in [5.74, 6) is -0.635. The first-order chi connectivity index (χ1) is 17.1. The van der Waals surface area contributed by atoms with Crippen LogP contribution in [0.25, 0.3) is 0 Å². The zero-order chi connectivity index (χ0) is 26.0. The zero-order valence-electron chi connectivity index (χ0n) is 19.3. The van der Waals surface area contributed by atoms with Crippen molar-refractivity contribution in [2.24, 2.45) is 0 Å². The third-order valence-corrected chi connectivity index (χ3v) is 5.61. The van der Waals surface area contributed by atoms with E-state index in [1.54, 1.807) is 12.1 Å². The number of carbonyl (C=O) groups is 2. The molecule has 4 rings (SSSR count). The molecule has 0 fully saturated rings. The highest BCUT2D eigenvalue weighted by Gasteiger charge is 2.35. The van der Waals surface area contributed by atoms with E-state index >= 15 is 0 Å². The predicted molar refractivity (Wildman–Crippen MR) is 125 cm³/mol. The van der Waals surface area contributed by atoms with E-state index in [4.69, 9.17) is 4.74 Å². The van der Waals surface area contributed by atoms with Gasteiger partial charge in [0.05, 0.1) is 37.1 Å². The van der Waals surface area contributed by atoms with E-state index in [9.17, 15) is 28.0 Å². The second kappa shape index (κ2) is 9.61. The molecule has 1 aromatic heterocycles. The molecule has 12 heteroatoms. The normalized spacial score (nSPS) is 15.2. The van der Waals surface area contributed by atoms with E-state index in [-0.39, 0.29) is 34.2 Å². The highest BCUT2D eigenvalue weighted by Crippen LogP contribution is 2.30. The molecule has 0 spiro atoms. The molecule has 0 unspecified atom stereocenters. The Bertz CT molecular complexity index is 1340. The number of ether oxygens (including phenoxy) is 1. The number of hydrogen-bond donors (Lipinski definition) is 2. The predicted octanol–water partition coefficient (Wildman–Crippen LogP) is 4.04. The average Bonchev–Trinajstić information content (AvgIpc) is 3.24. The number of nitrogens with one attached hydrogen (secondary N) is 2. The Morgan fingerprint density at radius 2 is 1.97 bits per heavy atom. The summed E-state index contributed by atoms with van der Waals surface area (Å²) >= 11 is 0. The van der Waals surface area contributed by atoms with Gasteiger partial charge in [-0.25, -0.2) is 0 Å². The molecule has 36 heavy (non-hydrogen) atoms. The fourth-order valence-electron chi connectivity index (χ4n) is 3.93. The lowest BCUT2D eigenvalue weighted by Gasteiger charge is -2.34. The van der Waals surface area contributed by atoms with Crippen LogP contribution in [0.4, 0.5) is 30.2 Å². The van der Waals surface area contributed by atoms with E-state index in [0.717, 1.165) is 0 Å². The van der Waals surface area contributed by atoms with Crippen LogP contribution in [0.5, 0.6) is 5.75 Å². The van der Waals surface area contributed by atoms with Gasteiger partial charge in [0.1, 0.15) is 24.1 Å². The van der Waals surface area contributed by atoms with Gasteiger partial charge in [0, 0.05) is 16.9 Å². The summed E-state index contributed by atoms with van der Waals surface area (Å²) in [6.07, 6.45) is -2.97. The number of amides is 2. The molecule has 3 aromatic rings. The topological polar surface area (TPSA) is 112 Å². The summed E-state index contributed by atoms with van der Waals surface area (Å²) in [4.78, 5) is 27.8. The van der Waals surface area contributed by atoms with Gasteiger partial charge in [0.2, 0.25) is 0 Å². The molecule has 2 N–H and O–H groups in total. The molecule has 0 saturated heterocycles. The van der Waals surface area contributed by atoms with Gasteiger partial charge in [-0.05, 0) is 49.4 Å². The highest BCUT2D eigenvalue weighted by molar-refractivity contribution is 6.13. The summed E-state index contributed by atoms with van der Waals surface area (Å²) in [6.45, 7) is 0.987. The summed E-state index contributed by atoms with van der Waals surface area (Å²) in [5, 5.41) is 18.5. The number of aromatic nitrogens is 2. The fraction of sp³-hybridized carbons (Fsp3) is 0.250. The van der Waals surface area contributed by atoms with Crippen molar-refractivity contribution in [3.8, 4) is 11.8 Å². The van der Waals surface area contributed by atoms with Crippen molar-refractivity contribution in [1.82, 2.24) is 9.78 Å². The van der Waals surface area contributed by atoms with Crippen LogP contribution < -0.4 is 20.3 Å². The van der Waals surface area contributed by atoms with Crippen LogP contribution in [0, 0.1) is 11.3 Å². The van der Waals surface area contributed by atoms with Crippen molar-refractivity contribution in [2.75, 3.05) is 29.2 Å². The first kappa shape index (κ1) is 24.6. The van der Waals surface area contributed by atoms with Crippen molar-refractivity contribution in [3.05, 3.63) is 65.5 Å². The monoisotopic (exact) mass is 498 g/mol. The molecule has 1 aliphatic heterocycles. The molecule has 0 saturated carbocycles. The Kier molecular flexibility index (Phi) is 6.57. The molecule has 2 amide bonds. The van der Waals surface area contributed by atoms with Crippen LogP contribution in [-0.2, 0) is 6.54 Å². The van der Waals surface area contributed by atoms with Crippen molar-refractivity contribution < 1.29 is 27.5 Å². The lowest BCUT2D eigenvalue weighted by Crippen LogP contribution is -2.47. The number of hydrogen-bond acceptors (Lipinski definition) is 6. The molecule has 2 heterocycles. The van der Waals surface area contributed by atoms with E-state index in [2.05, 4.69) is 15.7 Å². The molecule has 1 aliphatic rings. The van der Waals surface area contributed by atoms with Crippen LogP contribution in [0.1, 0.15) is 33.3 Å². The Labute approximate surface area is 204 Å². The Morgan fingerprint density at radius 3 is 2.61 bits per heavy atom. The number of benzene rings is 2. The lowest BCUT2D eigenvalue weighted by molar-refractivity contribution is -0.115. The van der Waals surface area contributed by atoms with Gasteiger partial charge < -0.3 is 20.3 Å². The molecule has 186 valence electrons. The summed E-state index contributed by atoms with van der Waals surface area (Å²) in [6, 6.07) is 12.1. The van der Waals surface area contributed by atoms with Gasteiger partial charge in [-0.15, -0.1) is 0 Å². The average molecular weight is 498 g/mol. The van der Waals surface area contributed by atoms with Crippen molar-refractivity contribution >= 4 is 28.9 Å². The van der Waals surface area contributed by atoms with E-state index in [1.165, 1.54) is 53.2 Å². The molecule has 1 atom stereocenters. The number of nitriles is 1. The molecular weight excluding hydrogens is 477 g/mol. The van der Waals surface area contributed by atoms with Crippen LogP contribution in [0.2, 0.25) is 0 Å². The minimum Gasteiger partial charge on any atom is -0.495 e. The van der Waals surface area contributed by atoms with Crippen molar-refractivity contribution in [1.29, 1.82) is 5.26 Å². The Hall–Kier alpha value is -4.53. The highest BCUT2D eigenvalue weighted by atomic mass is 19.4. The number of anilines is 3. The minimum absolute atomic E-state index is 0.162. The Balaban J connectivity index is 1.56. The van der Waals surface area contributed by atoms with Gasteiger partial charge in [0.25, 0.3) is 11.8 Å². The second-order valence-corrected chi connectivity index (χ2v) is 8.11. The van der Waals surface area contributed by atoms with E-state index in [1.807, 2.05) is 13.0 Å². The molecular formula is C24H21F3N6O3. The van der Waals surface area contributed by atoms with Gasteiger partial charge in [-0.2, -0.15) is 23.5 Å². The molecule has 0 aliphatic carbocycles. The third-order valence-electron chi connectivity index (χ3n) is 5.61. The molecule has 0 bridgehead atoms. The first-order valence-electron chi connectivity index (χ1n) is 10.8. The molecule has 9 nitrogen and oxygen atoms in total. The van der Waals surface area contributed by atoms with Crippen LogP contribution in [0.15, 0.2) is 48.7 Å². The standard InChI is InChI=1S/C24H21F3N6O3/c1-14-12-32-21(23(35)33(14)18-6-4-17(5-7-18)29-13-24(25,26)27)19(11-30-32)31-22(34)15-3-8-20(36-2)16(9-15)10-28/h3-9,11,14,29H,12-13H2,1-2H3,(H,31,34)/t14-/m0/s1. The fourth-order valence-corrected chi connectivity index (χ4v) is 3.93. The maximum atomic E-state index is 13.4. The Morgan fingerprint density at radius 1 is 1.25 bits per heavy atom. The number of carbonyl (C=O) groups excluding carboxylic acids is 2. The maximum absolute atomic E-state index is 13.4. The number of fused-ring (bicyclic) bond motifs is 1. The second-order valence-electron chi connectivity index (χ2n) is 8.11. The van der Waals surface area contributed by atoms with Gasteiger partial charge in [-0.1, -0.05) is 0 Å². The molecule has 0 radical (unpaired) electrons. The van der Waals surface area contributed by atoms with Crippen molar-refractivity contribution in [3.63, 3.8) is 0 Å². The van der Waals surface area contributed by atoms with Gasteiger partial charge in [0.15, 0.2) is 0 Å².